The average Bonchev–Trinajstić information content (AvgIpc) is 3.13. The van der Waals surface area contributed by atoms with Crippen LogP contribution in [0.15, 0.2) is 23.8 Å². The van der Waals surface area contributed by atoms with E-state index >= 15 is 0 Å². The van der Waals surface area contributed by atoms with E-state index in [9.17, 15) is 29.7 Å². The Morgan fingerprint density at radius 3 is 2.45 bits per heavy atom. The summed E-state index contributed by atoms with van der Waals surface area (Å²) >= 11 is 0. The van der Waals surface area contributed by atoms with Crippen LogP contribution in [0.3, 0.4) is 0 Å². The smallest absolute Gasteiger partial charge is 0.247 e. The molecule has 0 saturated heterocycles. The third-order valence-electron chi connectivity index (χ3n) is 8.24. The third kappa shape index (κ3) is 6.34. The second-order valence-electron chi connectivity index (χ2n) is 11.0. The second-order valence-corrected chi connectivity index (χ2v) is 11.0. The number of amides is 2. The number of ether oxygens (including phenoxy) is 2. The molecule has 1 aromatic rings. The third-order valence-corrected chi connectivity index (χ3v) is 8.24. The van der Waals surface area contributed by atoms with Gasteiger partial charge in [-0.2, -0.15) is 0 Å². The van der Waals surface area contributed by atoms with Crippen LogP contribution in [0.4, 0.5) is 0 Å². The van der Waals surface area contributed by atoms with Crippen molar-refractivity contribution in [3.05, 3.63) is 34.9 Å². The molecule has 1 saturated carbocycles. The van der Waals surface area contributed by atoms with Crippen LogP contribution in [0.2, 0.25) is 0 Å². The maximum atomic E-state index is 13.8. The fourth-order valence-corrected chi connectivity index (χ4v) is 6.36. The lowest BCUT2D eigenvalue weighted by molar-refractivity contribution is -0.141. The highest BCUT2D eigenvalue weighted by Crippen LogP contribution is 2.51. The minimum Gasteiger partial charge on any atom is -0.493 e. The molecule has 1 aromatic carbocycles. The topological polar surface area (TPSA) is 146 Å². The number of hydrogen-bond acceptors (Lipinski definition) is 8. The Hall–Kier alpha value is -2.95. The van der Waals surface area contributed by atoms with Crippen molar-refractivity contribution < 1.29 is 39.2 Å². The first-order valence-corrected chi connectivity index (χ1v) is 14.4. The number of nitrogens with zero attached hydrogens (tertiary/aromatic N) is 1. The molecular weight excluding hydrogens is 516 g/mol. The number of carbonyl (C=O) groups is 3. The van der Waals surface area contributed by atoms with E-state index in [1.807, 2.05) is 0 Å². The number of fused-ring (bicyclic) bond motifs is 3. The predicted octanol–water partition coefficient (Wildman–Crippen LogP) is 2.12. The van der Waals surface area contributed by atoms with Crippen LogP contribution >= 0.6 is 0 Å². The van der Waals surface area contributed by atoms with Gasteiger partial charge in [0.2, 0.25) is 11.8 Å². The van der Waals surface area contributed by atoms with Crippen LogP contribution in [-0.2, 0) is 21.0 Å². The van der Waals surface area contributed by atoms with E-state index in [-0.39, 0.29) is 43.9 Å². The van der Waals surface area contributed by atoms with Crippen LogP contribution in [-0.4, -0.2) is 82.4 Å². The second kappa shape index (κ2) is 13.6. The van der Waals surface area contributed by atoms with Gasteiger partial charge in [-0.1, -0.05) is 25.7 Å². The standard InChI is InChI=1S/C30H42N2O8/c1-18(35)8-7-11-25(36)32(20-9-5-3-4-6-10-20)23-16-22(30(38)31-12-13-33)26-21-14-19(17-34)15-24(39-2)28(21)40-29(26)27(23)37/h14-16,20,23,26-27,29,33-34,37H,3-13,17H2,1-2H3,(H,31,38)/t23-,26+,27+,29+/m1/s1. The summed E-state index contributed by atoms with van der Waals surface area (Å²) in [6.07, 6.45) is 6.24. The molecule has 2 aliphatic carbocycles. The average molecular weight is 559 g/mol. The minimum absolute atomic E-state index is 0.0189. The van der Waals surface area contributed by atoms with Gasteiger partial charge in [-0.05, 0) is 50.0 Å². The van der Waals surface area contributed by atoms with Gasteiger partial charge in [0.05, 0.1) is 32.3 Å². The van der Waals surface area contributed by atoms with Gasteiger partial charge >= 0.3 is 0 Å². The molecule has 2 amide bonds. The van der Waals surface area contributed by atoms with Crippen molar-refractivity contribution in [2.24, 2.45) is 0 Å². The van der Waals surface area contributed by atoms with Crippen molar-refractivity contribution in [3.8, 4) is 11.5 Å². The number of rotatable bonds is 11. The van der Waals surface area contributed by atoms with Crippen LogP contribution in [0.1, 0.15) is 81.8 Å². The summed E-state index contributed by atoms with van der Waals surface area (Å²) in [5.74, 6) is -0.442. The highest BCUT2D eigenvalue weighted by Gasteiger charge is 2.52. The fraction of sp³-hybridized carbons (Fsp3) is 0.633. The summed E-state index contributed by atoms with van der Waals surface area (Å²) in [5, 5.41) is 33.8. The molecule has 40 heavy (non-hydrogen) atoms. The summed E-state index contributed by atoms with van der Waals surface area (Å²) in [7, 11) is 1.49. The highest BCUT2D eigenvalue weighted by atomic mass is 16.5. The number of hydrogen-bond donors (Lipinski definition) is 4. The van der Waals surface area contributed by atoms with Crippen molar-refractivity contribution >= 4 is 17.6 Å². The van der Waals surface area contributed by atoms with Gasteiger partial charge < -0.3 is 39.8 Å². The van der Waals surface area contributed by atoms with Crippen LogP contribution in [0.25, 0.3) is 0 Å². The monoisotopic (exact) mass is 558 g/mol. The van der Waals surface area contributed by atoms with E-state index in [1.54, 1.807) is 23.1 Å². The highest BCUT2D eigenvalue weighted by molar-refractivity contribution is 5.96. The Labute approximate surface area is 235 Å². The van der Waals surface area contributed by atoms with Crippen LogP contribution < -0.4 is 14.8 Å². The molecule has 0 bridgehead atoms. The van der Waals surface area contributed by atoms with Gasteiger partial charge in [0.25, 0.3) is 0 Å². The maximum Gasteiger partial charge on any atom is 0.247 e. The molecule has 0 aromatic heterocycles. The van der Waals surface area contributed by atoms with E-state index in [4.69, 9.17) is 9.47 Å². The molecule has 0 radical (unpaired) electrons. The largest absolute Gasteiger partial charge is 0.493 e. The van der Waals surface area contributed by atoms with Crippen LogP contribution in [0, 0.1) is 0 Å². The normalized spacial score (nSPS) is 24.2. The summed E-state index contributed by atoms with van der Waals surface area (Å²) in [5.41, 5.74) is 1.53. The summed E-state index contributed by atoms with van der Waals surface area (Å²) in [6, 6.07) is 2.48. The van der Waals surface area contributed by atoms with Crippen molar-refractivity contribution in [2.45, 2.75) is 102 Å². The van der Waals surface area contributed by atoms with Gasteiger partial charge in [-0.15, -0.1) is 0 Å². The SMILES string of the molecule is COc1cc(CO)cc2c1O[C@@H]1[C@@H](O)[C@H](N(C(=O)CCCC(C)=O)C3CCCCCC3)C=C(C(=O)NCCO)[C@H]21. The van der Waals surface area contributed by atoms with Gasteiger partial charge in [0.1, 0.15) is 18.0 Å². The Bertz CT molecular complexity index is 1110. The Morgan fingerprint density at radius 2 is 1.82 bits per heavy atom. The quantitative estimate of drug-likeness (QED) is 0.302. The zero-order chi connectivity index (χ0) is 28.8. The Kier molecular flexibility index (Phi) is 10.2. The molecule has 1 heterocycles. The molecule has 220 valence electrons. The molecule has 3 aliphatic rings. The lowest BCUT2D eigenvalue weighted by atomic mass is 9.76. The van der Waals surface area contributed by atoms with Gasteiger partial charge in [-0.3, -0.25) is 9.59 Å². The summed E-state index contributed by atoms with van der Waals surface area (Å²) in [6.45, 7) is 1.07. The number of carbonyl (C=O) groups excluding carboxylic acids is 3. The summed E-state index contributed by atoms with van der Waals surface area (Å²) < 4.78 is 11.8. The molecule has 10 heteroatoms. The molecule has 4 rings (SSSR count). The zero-order valence-corrected chi connectivity index (χ0v) is 23.4. The first-order chi connectivity index (χ1) is 19.3. The van der Waals surface area contributed by atoms with E-state index in [0.717, 1.165) is 38.5 Å². The molecule has 1 aliphatic heterocycles. The van der Waals surface area contributed by atoms with Crippen LogP contribution in [0.5, 0.6) is 11.5 Å². The number of ketones is 1. The van der Waals surface area contributed by atoms with E-state index in [1.165, 1.54) is 14.0 Å². The first kappa shape index (κ1) is 30.0. The van der Waals surface area contributed by atoms with E-state index in [2.05, 4.69) is 5.32 Å². The van der Waals surface area contributed by atoms with Gasteiger partial charge in [0, 0.05) is 36.6 Å². The van der Waals surface area contributed by atoms with Crippen molar-refractivity contribution in [1.29, 1.82) is 0 Å². The Morgan fingerprint density at radius 1 is 1.10 bits per heavy atom. The van der Waals surface area contributed by atoms with Crippen molar-refractivity contribution in [3.63, 3.8) is 0 Å². The number of nitrogens with one attached hydrogen (secondary N) is 1. The molecule has 0 unspecified atom stereocenters. The molecular formula is C30H42N2O8. The number of aliphatic hydroxyl groups excluding tert-OH is 3. The zero-order valence-electron chi connectivity index (χ0n) is 23.4. The number of methoxy groups -OCH3 is 1. The first-order valence-electron chi connectivity index (χ1n) is 14.4. The molecule has 10 nitrogen and oxygen atoms in total. The Balaban J connectivity index is 1.78. The maximum absolute atomic E-state index is 13.8. The van der Waals surface area contributed by atoms with Crippen molar-refractivity contribution in [2.75, 3.05) is 20.3 Å². The number of benzene rings is 1. The summed E-state index contributed by atoms with van der Waals surface area (Å²) in [4.78, 5) is 40.6. The molecule has 0 spiro atoms. The molecule has 4 N–H and O–H groups in total. The lowest BCUT2D eigenvalue weighted by Crippen LogP contribution is -2.58. The van der Waals surface area contributed by atoms with E-state index < -0.39 is 30.1 Å². The van der Waals surface area contributed by atoms with Crippen molar-refractivity contribution in [1.82, 2.24) is 10.2 Å². The number of aliphatic hydroxyl groups is 3. The fourth-order valence-electron chi connectivity index (χ4n) is 6.36. The minimum atomic E-state index is -1.14. The van der Waals surface area contributed by atoms with Gasteiger partial charge in [0.15, 0.2) is 11.5 Å². The van der Waals surface area contributed by atoms with E-state index in [0.29, 0.717) is 41.0 Å². The lowest BCUT2D eigenvalue weighted by Gasteiger charge is -2.44. The molecule has 1 fully saturated rings. The number of Topliss-reactive ketones (excluding diaryl/α,β-unsaturated/α-hetero) is 1. The predicted molar refractivity (Wildman–Crippen MR) is 147 cm³/mol. The molecule has 4 atom stereocenters. The van der Waals surface area contributed by atoms with Gasteiger partial charge in [-0.25, -0.2) is 0 Å².